The van der Waals surface area contributed by atoms with E-state index in [4.69, 9.17) is 28.4 Å². The topological polar surface area (TPSA) is 317 Å². The van der Waals surface area contributed by atoms with Gasteiger partial charge in [-0.3, -0.25) is 47.8 Å². The number of alkyl halides is 4. The van der Waals surface area contributed by atoms with Crippen LogP contribution in [-0.2, 0) is 67.9 Å². The molecule has 6 fully saturated rings. The van der Waals surface area contributed by atoms with Crippen molar-refractivity contribution in [3.63, 3.8) is 0 Å². The van der Waals surface area contributed by atoms with Crippen LogP contribution >= 0.6 is 0 Å². The second kappa shape index (κ2) is 34.5. The predicted octanol–water partition coefficient (Wildman–Crippen LogP) is 13.4. The second-order valence-electron chi connectivity index (χ2n) is 35.0. The van der Waals surface area contributed by atoms with E-state index in [0.29, 0.717) is 98.6 Å². The first kappa shape index (κ1) is 88.4. The van der Waals surface area contributed by atoms with E-state index in [1.165, 1.54) is 60.7 Å². The van der Waals surface area contributed by atoms with Gasteiger partial charge in [-0.1, -0.05) is 64.8 Å². The predicted molar refractivity (Wildman–Crippen MR) is 416 cm³/mol. The first-order chi connectivity index (χ1) is 54.5. The fraction of sp³-hybridized carbons (Fsp3) is 0.643. The minimum atomic E-state index is -4.03. The number of halogens is 6. The smallest absolute Gasteiger partial charge is 0.307 e. The van der Waals surface area contributed by atoms with Crippen molar-refractivity contribution in [2.75, 3.05) is 27.3 Å². The first-order valence-electron chi connectivity index (χ1n) is 40.2. The maximum absolute atomic E-state index is 15.0. The lowest BCUT2D eigenvalue weighted by Gasteiger charge is -2.34. The average molecular weight is 1670 g/mol. The quantitative estimate of drug-likeness (QED) is 0.0419. The van der Waals surface area contributed by atoms with Gasteiger partial charge in [0.15, 0.2) is 45.9 Å². The number of Topliss-reactive ketones (excluding diaryl/α,β-unsaturated/α-hetero) is 2. The molecule has 24 nitrogen and oxygen atoms in total. The zero-order valence-corrected chi connectivity index (χ0v) is 69.4. The molecule has 0 spiro atoms. The molecule has 0 unspecified atom stereocenters. The van der Waals surface area contributed by atoms with E-state index < -0.39 is 196 Å². The number of aromatic nitrogens is 2. The lowest BCUT2D eigenvalue weighted by molar-refractivity contribution is -0.175. The second-order valence-corrected chi connectivity index (χ2v) is 39.4. The summed E-state index contributed by atoms with van der Waals surface area (Å²) in [5, 5.41) is 1.76. The van der Waals surface area contributed by atoms with Crippen molar-refractivity contribution < 1.29 is 110 Å². The number of rotatable bonds is 22. The number of benzene rings is 2. The van der Waals surface area contributed by atoms with Crippen LogP contribution in [0.5, 0.6) is 23.3 Å². The van der Waals surface area contributed by atoms with E-state index in [1.54, 1.807) is 26.0 Å². The lowest BCUT2D eigenvalue weighted by atomic mass is 9.79. The number of ketones is 2. The highest BCUT2D eigenvalue weighted by Crippen LogP contribution is 2.60. The molecule has 4 amide bonds. The van der Waals surface area contributed by atoms with Crippen LogP contribution in [0.3, 0.4) is 0 Å². The Kier molecular flexibility index (Phi) is 26.3. The molecule has 12 rings (SSSR count). The molecule has 636 valence electrons. The zero-order valence-electron chi connectivity index (χ0n) is 67.8. The minimum absolute atomic E-state index is 0.0131. The van der Waals surface area contributed by atoms with Crippen LogP contribution in [0.15, 0.2) is 73.1 Å². The molecule has 32 heteroatoms. The van der Waals surface area contributed by atoms with Crippen LogP contribution in [0.4, 0.5) is 26.3 Å². The van der Waals surface area contributed by atoms with E-state index in [-0.39, 0.29) is 86.7 Å². The van der Waals surface area contributed by atoms with Crippen molar-refractivity contribution in [3.8, 4) is 23.3 Å². The molecule has 4 saturated carbocycles. The number of hydrogen-bond acceptors (Lipinski definition) is 20. The number of pyridine rings is 2. The molecule has 0 radical (unpaired) electrons. The Morgan fingerprint density at radius 3 is 1.27 bits per heavy atom. The van der Waals surface area contributed by atoms with Gasteiger partial charge >= 0.3 is 11.9 Å². The Bertz CT molecular complexity index is 4440. The van der Waals surface area contributed by atoms with Crippen LogP contribution in [0.1, 0.15) is 198 Å². The number of hydrogen-bond donors (Lipinski definition) is 2. The number of ether oxygens (including phenoxy) is 6. The molecule has 4 aliphatic heterocycles. The summed E-state index contributed by atoms with van der Waals surface area (Å²) in [4.78, 5) is 125. The Morgan fingerprint density at radius 1 is 0.578 bits per heavy atom. The average Bonchev–Trinajstić information content (AvgIpc) is 1.57. The van der Waals surface area contributed by atoms with Gasteiger partial charge in [-0.15, -0.1) is 0 Å². The van der Waals surface area contributed by atoms with Gasteiger partial charge in [0.2, 0.25) is 55.4 Å². The molecule has 2 saturated heterocycles. The third-order valence-corrected chi connectivity index (χ3v) is 29.7. The fourth-order valence-corrected chi connectivity index (χ4v) is 19.6. The summed E-state index contributed by atoms with van der Waals surface area (Å²) >= 11 is 0. The van der Waals surface area contributed by atoms with Crippen LogP contribution in [-0.4, -0.2) is 169 Å². The normalized spacial score (nSPS) is 29.4. The van der Waals surface area contributed by atoms with Crippen molar-refractivity contribution in [1.82, 2.24) is 29.2 Å². The number of carbonyl (C=O) groups excluding carboxylic acids is 8. The van der Waals surface area contributed by atoms with Gasteiger partial charge in [0, 0.05) is 48.8 Å². The number of nitrogens with zero attached hydrogens (tertiary/aromatic N) is 4. The summed E-state index contributed by atoms with van der Waals surface area (Å²) in [7, 11) is -5.38. The monoisotopic (exact) mass is 1670 g/mol. The van der Waals surface area contributed by atoms with Crippen molar-refractivity contribution in [1.29, 1.82) is 0 Å². The number of carbonyl (C=O) groups is 8. The summed E-state index contributed by atoms with van der Waals surface area (Å²) in [6.45, 7) is 15.0. The zero-order chi connectivity index (χ0) is 84.7. The van der Waals surface area contributed by atoms with E-state index >= 15 is 0 Å². The molecule has 4 aliphatic carbocycles. The van der Waals surface area contributed by atoms with E-state index in [0.717, 1.165) is 27.7 Å². The van der Waals surface area contributed by atoms with E-state index in [1.807, 2.05) is 52.0 Å². The number of methoxy groups -OCH3 is 2. The van der Waals surface area contributed by atoms with Gasteiger partial charge in [0.05, 0.1) is 84.4 Å². The van der Waals surface area contributed by atoms with Crippen LogP contribution in [0.2, 0.25) is 0 Å². The molecule has 14 atom stereocenters. The number of esters is 2. The standard InChI is InChI=1S/2C42H54F3N3O9S/c2*1-7-25-16-24(2)10-8-9-11-27-21-42(27,39(52)47-58(53,54)41(5)13-14-41)22-33(49)32-18-28(56-36-29-19-31(43)34(55-6)17-26(29)12-15-46-36)23-48(32)37(51)30(25)20-35(50)57-40(3,4)38(44)45/h2*9,11-12,15,17,19,24-25,27-28,30,32,38H,7-8,10,13-14,16,18,20-23H2,1-6H3,(H,47,52)/b2*11-9-/t24-,25+,27+,28+,30-,32-,42+;24-,25-,27-,28-,30+,32+,42-/m01/s1. The molecular formula is C84H108F6N6O18S2. The number of nitrogens with one attached hydrogen (secondary N) is 2. The maximum Gasteiger partial charge on any atom is 0.307 e. The Morgan fingerprint density at radius 2 is 0.940 bits per heavy atom. The van der Waals surface area contributed by atoms with Crippen molar-refractivity contribution in [3.05, 3.63) is 84.7 Å². The van der Waals surface area contributed by atoms with Gasteiger partial charge in [-0.05, 0) is 201 Å². The third kappa shape index (κ3) is 19.1. The van der Waals surface area contributed by atoms with Crippen LogP contribution < -0.4 is 28.4 Å². The molecule has 6 heterocycles. The SMILES string of the molecule is CC[C@@H]1C[C@@H](C)CC/C=C\[C@@H]2C[C@@]2(C(=O)NS(=O)(=O)C2(C)CC2)CC(=O)[C@@H]2C[C@@H](Oc3nccc4cc(OC)c(F)cc34)CN2C(=O)[C@H]1CC(=O)OC(C)(C)C(F)F.CC[C@@H]1C[C@H](C)CC/C=C\[C@@H]2C[C@@]2(C(=O)NS(=O)(=O)C2(C)CC2)CC(=O)[C@@H]2C[C@@H](Oc3nccc4cc(OC)c(F)cc34)CN2C(=O)[C@H]1CC(=O)OC(C)(C)C(F)F. The number of sulfonamides is 2. The Labute approximate surface area is 673 Å². The fourth-order valence-electron chi connectivity index (χ4n) is 16.9. The summed E-state index contributed by atoms with van der Waals surface area (Å²) in [6.07, 6.45) is 7.62. The number of fused-ring (bicyclic) bond motifs is 6. The number of allylic oxidation sites excluding steroid dienone is 4. The first-order valence-corrected chi connectivity index (χ1v) is 43.2. The highest BCUT2D eigenvalue weighted by molar-refractivity contribution is 7.92. The minimum Gasteiger partial charge on any atom is -0.494 e. The summed E-state index contributed by atoms with van der Waals surface area (Å²) < 4.78 is 174. The molecule has 116 heavy (non-hydrogen) atoms. The van der Waals surface area contributed by atoms with Crippen LogP contribution in [0, 0.1) is 69.8 Å². The molecular weight excluding hydrogens is 1560 g/mol. The van der Waals surface area contributed by atoms with Gasteiger partial charge < -0.3 is 38.2 Å². The molecule has 8 aliphatic rings. The largest absolute Gasteiger partial charge is 0.494 e. The van der Waals surface area contributed by atoms with Gasteiger partial charge in [0.1, 0.15) is 12.2 Å². The molecule has 2 N–H and O–H groups in total. The maximum atomic E-state index is 15.0. The third-order valence-electron chi connectivity index (χ3n) is 25.4. The highest BCUT2D eigenvalue weighted by atomic mass is 32.2. The van der Waals surface area contributed by atoms with E-state index in [9.17, 15) is 81.5 Å². The highest BCUT2D eigenvalue weighted by Gasteiger charge is 2.65. The van der Waals surface area contributed by atoms with Crippen molar-refractivity contribution >= 4 is 88.7 Å². The van der Waals surface area contributed by atoms with Crippen LogP contribution in [0.25, 0.3) is 21.5 Å². The summed E-state index contributed by atoms with van der Waals surface area (Å²) in [6, 6.07) is 6.37. The molecule has 0 bridgehead atoms. The Balaban J connectivity index is 0.000000228. The lowest BCUT2D eigenvalue weighted by Crippen LogP contribution is -2.48. The Hall–Kier alpha value is -8.42. The molecule has 2 aromatic heterocycles. The van der Waals surface area contributed by atoms with Gasteiger partial charge in [-0.2, -0.15) is 0 Å². The van der Waals surface area contributed by atoms with Gasteiger partial charge in [-0.25, -0.2) is 53.1 Å². The van der Waals surface area contributed by atoms with E-state index in [2.05, 4.69) is 19.4 Å². The van der Waals surface area contributed by atoms with Gasteiger partial charge in [0.25, 0.3) is 12.9 Å². The molecule has 2 aromatic carbocycles. The van der Waals surface area contributed by atoms with Crippen molar-refractivity contribution in [2.45, 2.75) is 255 Å². The number of amides is 4. The van der Waals surface area contributed by atoms with Crippen molar-refractivity contribution in [2.24, 2.45) is 58.2 Å². The molecule has 4 aromatic rings. The summed E-state index contributed by atoms with van der Waals surface area (Å²) in [5.41, 5.74) is -6.98. The summed E-state index contributed by atoms with van der Waals surface area (Å²) in [5.74, 6) is -10.5.